The summed E-state index contributed by atoms with van der Waals surface area (Å²) in [7, 11) is 0. The second-order valence-electron chi connectivity index (χ2n) is 3.84. The number of aliphatic hydroxyl groups excluding tert-OH is 2. The third-order valence-corrected chi connectivity index (χ3v) is 2.65. The smallest absolute Gasteiger partial charge is 0.222 e. The maximum Gasteiger partial charge on any atom is 0.222 e. The monoisotopic (exact) mass is 201 g/mol. The highest BCUT2D eigenvalue weighted by Gasteiger charge is 2.24. The van der Waals surface area contributed by atoms with Gasteiger partial charge in [0.15, 0.2) is 0 Å². The highest BCUT2D eigenvalue weighted by Crippen LogP contribution is 2.12. The van der Waals surface area contributed by atoms with E-state index in [1.807, 2.05) is 6.92 Å². The molecule has 2 unspecified atom stereocenters. The summed E-state index contributed by atoms with van der Waals surface area (Å²) in [4.78, 5) is 13.3. The molecule has 4 nitrogen and oxygen atoms in total. The number of aliphatic hydroxyl groups is 2. The van der Waals surface area contributed by atoms with Crippen LogP contribution in [0.4, 0.5) is 0 Å². The van der Waals surface area contributed by atoms with Crippen molar-refractivity contribution in [2.75, 3.05) is 13.1 Å². The Morgan fingerprint density at radius 3 is 2.21 bits per heavy atom. The van der Waals surface area contributed by atoms with Gasteiger partial charge in [-0.05, 0) is 19.3 Å². The van der Waals surface area contributed by atoms with Gasteiger partial charge in [-0.15, -0.1) is 0 Å². The molecule has 1 aliphatic heterocycles. The average Bonchev–Trinajstić information content (AvgIpc) is 2.31. The minimum absolute atomic E-state index is 0.133. The molecule has 14 heavy (non-hydrogen) atoms. The molecule has 1 rings (SSSR count). The number of carbonyl (C=O) groups is 1. The van der Waals surface area contributed by atoms with Gasteiger partial charge in [0.25, 0.3) is 0 Å². The minimum atomic E-state index is -0.672. The van der Waals surface area contributed by atoms with Crippen LogP contribution in [0.25, 0.3) is 0 Å². The normalized spacial score (nSPS) is 28.6. The highest BCUT2D eigenvalue weighted by atomic mass is 16.3. The largest absolute Gasteiger partial charge is 0.390 e. The summed E-state index contributed by atoms with van der Waals surface area (Å²) in [6.45, 7) is 3.10. The molecule has 0 bridgehead atoms. The van der Waals surface area contributed by atoms with Crippen LogP contribution in [0.15, 0.2) is 0 Å². The molecule has 2 atom stereocenters. The van der Waals surface area contributed by atoms with Crippen molar-refractivity contribution in [3.63, 3.8) is 0 Å². The van der Waals surface area contributed by atoms with E-state index in [1.54, 1.807) is 4.90 Å². The number of hydrogen-bond donors (Lipinski definition) is 2. The number of hydrogen-bond acceptors (Lipinski definition) is 3. The minimum Gasteiger partial charge on any atom is -0.390 e. The van der Waals surface area contributed by atoms with Crippen molar-refractivity contribution in [2.24, 2.45) is 0 Å². The summed E-state index contributed by atoms with van der Waals surface area (Å²) in [5.41, 5.74) is 0. The van der Waals surface area contributed by atoms with Crippen molar-refractivity contribution in [2.45, 2.75) is 44.8 Å². The molecular weight excluding hydrogens is 182 g/mol. The molecule has 1 fully saturated rings. The molecule has 1 amide bonds. The zero-order valence-corrected chi connectivity index (χ0v) is 8.65. The summed E-state index contributed by atoms with van der Waals surface area (Å²) in [5, 5.41) is 18.8. The van der Waals surface area contributed by atoms with Gasteiger partial charge in [-0.25, -0.2) is 0 Å². The molecule has 0 radical (unpaired) electrons. The number of carbonyl (C=O) groups excluding carboxylic acids is 1. The molecule has 0 aromatic carbocycles. The number of likely N-dealkylation sites (tertiary alicyclic amines) is 1. The van der Waals surface area contributed by atoms with Crippen LogP contribution < -0.4 is 0 Å². The fourth-order valence-electron chi connectivity index (χ4n) is 1.69. The molecule has 1 aliphatic rings. The van der Waals surface area contributed by atoms with Crippen LogP contribution in [0.5, 0.6) is 0 Å². The summed E-state index contributed by atoms with van der Waals surface area (Å²) in [6.07, 6.45) is 1.03. The van der Waals surface area contributed by atoms with Crippen LogP contribution in [0, 0.1) is 0 Å². The van der Waals surface area contributed by atoms with Crippen molar-refractivity contribution in [1.29, 1.82) is 0 Å². The third kappa shape index (κ3) is 2.96. The molecule has 0 saturated carbocycles. The van der Waals surface area contributed by atoms with Crippen molar-refractivity contribution >= 4 is 5.91 Å². The van der Waals surface area contributed by atoms with E-state index in [4.69, 9.17) is 0 Å². The van der Waals surface area contributed by atoms with Gasteiger partial charge in [0.2, 0.25) is 5.91 Å². The quantitative estimate of drug-likeness (QED) is 0.667. The van der Waals surface area contributed by atoms with E-state index in [-0.39, 0.29) is 5.91 Å². The Morgan fingerprint density at radius 2 is 1.79 bits per heavy atom. The first-order chi connectivity index (χ1) is 6.65. The van der Waals surface area contributed by atoms with E-state index in [9.17, 15) is 15.0 Å². The van der Waals surface area contributed by atoms with Gasteiger partial charge >= 0.3 is 0 Å². The van der Waals surface area contributed by atoms with Gasteiger partial charge in [0.05, 0.1) is 12.2 Å². The van der Waals surface area contributed by atoms with E-state index in [2.05, 4.69) is 0 Å². The first-order valence-electron chi connectivity index (χ1n) is 5.29. The molecule has 0 aromatic rings. The number of amides is 1. The van der Waals surface area contributed by atoms with Gasteiger partial charge in [0, 0.05) is 19.5 Å². The van der Waals surface area contributed by atoms with Crippen LogP contribution in [0.2, 0.25) is 0 Å². The molecule has 4 heteroatoms. The van der Waals surface area contributed by atoms with E-state index in [1.165, 1.54) is 0 Å². The topological polar surface area (TPSA) is 60.8 Å². The Morgan fingerprint density at radius 1 is 1.29 bits per heavy atom. The maximum absolute atomic E-state index is 11.5. The Labute approximate surface area is 84.5 Å². The summed E-state index contributed by atoms with van der Waals surface area (Å²) < 4.78 is 0. The first-order valence-corrected chi connectivity index (χ1v) is 5.29. The Hall–Kier alpha value is -0.610. The molecule has 0 spiro atoms. The number of nitrogens with zero attached hydrogens (tertiary/aromatic N) is 1. The third-order valence-electron chi connectivity index (χ3n) is 2.65. The van der Waals surface area contributed by atoms with E-state index in [0.29, 0.717) is 32.4 Å². The fraction of sp³-hybridized carbons (Fsp3) is 0.900. The van der Waals surface area contributed by atoms with E-state index < -0.39 is 12.2 Å². The fourth-order valence-corrected chi connectivity index (χ4v) is 1.69. The zero-order valence-electron chi connectivity index (χ0n) is 8.65. The SMILES string of the molecule is CCCC(=O)N1CCC(O)C(O)CC1. The molecule has 2 N–H and O–H groups in total. The van der Waals surface area contributed by atoms with Crippen LogP contribution in [-0.2, 0) is 4.79 Å². The van der Waals surface area contributed by atoms with E-state index in [0.717, 1.165) is 6.42 Å². The van der Waals surface area contributed by atoms with Gasteiger partial charge in [-0.1, -0.05) is 6.92 Å². The zero-order chi connectivity index (χ0) is 10.6. The lowest BCUT2D eigenvalue weighted by Gasteiger charge is -2.19. The van der Waals surface area contributed by atoms with Crippen LogP contribution >= 0.6 is 0 Å². The summed E-state index contributed by atoms with van der Waals surface area (Å²) >= 11 is 0. The van der Waals surface area contributed by atoms with Crippen LogP contribution in [0.3, 0.4) is 0 Å². The molecule has 0 aromatic heterocycles. The summed E-state index contributed by atoms with van der Waals surface area (Å²) in [5.74, 6) is 0.133. The van der Waals surface area contributed by atoms with Crippen molar-refractivity contribution in [3.05, 3.63) is 0 Å². The average molecular weight is 201 g/mol. The van der Waals surface area contributed by atoms with Crippen molar-refractivity contribution in [1.82, 2.24) is 4.90 Å². The molecule has 1 heterocycles. The Balaban J connectivity index is 2.45. The second-order valence-corrected chi connectivity index (χ2v) is 3.84. The van der Waals surface area contributed by atoms with Gasteiger partial charge in [0.1, 0.15) is 0 Å². The van der Waals surface area contributed by atoms with Crippen LogP contribution in [0.1, 0.15) is 32.6 Å². The molecule has 1 saturated heterocycles. The van der Waals surface area contributed by atoms with Gasteiger partial charge in [-0.3, -0.25) is 4.79 Å². The Bertz CT molecular complexity index is 184. The van der Waals surface area contributed by atoms with Gasteiger partial charge < -0.3 is 15.1 Å². The molecular formula is C10H19NO3. The molecule has 82 valence electrons. The second kappa shape index (κ2) is 5.32. The predicted molar refractivity (Wildman–Crippen MR) is 52.7 cm³/mol. The standard InChI is InChI=1S/C10H19NO3/c1-2-3-10(14)11-6-4-8(12)9(13)5-7-11/h8-9,12-13H,2-7H2,1H3. The lowest BCUT2D eigenvalue weighted by molar-refractivity contribution is -0.131. The van der Waals surface area contributed by atoms with Gasteiger partial charge in [-0.2, -0.15) is 0 Å². The Kier molecular flexibility index (Phi) is 4.35. The lowest BCUT2D eigenvalue weighted by atomic mass is 10.1. The predicted octanol–water partition coefficient (Wildman–Crippen LogP) is 0.131. The van der Waals surface area contributed by atoms with Crippen molar-refractivity contribution < 1.29 is 15.0 Å². The lowest BCUT2D eigenvalue weighted by Crippen LogP contribution is -2.31. The van der Waals surface area contributed by atoms with E-state index >= 15 is 0 Å². The maximum atomic E-state index is 11.5. The molecule has 0 aliphatic carbocycles. The van der Waals surface area contributed by atoms with Crippen LogP contribution in [-0.4, -0.2) is 46.3 Å². The first kappa shape index (κ1) is 11.5. The highest BCUT2D eigenvalue weighted by molar-refractivity contribution is 5.76. The van der Waals surface area contributed by atoms with Crippen molar-refractivity contribution in [3.8, 4) is 0 Å². The number of rotatable bonds is 2. The summed E-state index contributed by atoms with van der Waals surface area (Å²) in [6, 6.07) is 0.